The summed E-state index contributed by atoms with van der Waals surface area (Å²) >= 11 is 0. The summed E-state index contributed by atoms with van der Waals surface area (Å²) in [7, 11) is 1.70. The first kappa shape index (κ1) is 15.3. The van der Waals surface area contributed by atoms with Gasteiger partial charge in [0.15, 0.2) is 0 Å². The van der Waals surface area contributed by atoms with Crippen LogP contribution >= 0.6 is 0 Å². The van der Waals surface area contributed by atoms with E-state index in [0.29, 0.717) is 26.2 Å². The second-order valence-electron chi connectivity index (χ2n) is 5.75. The number of carbonyl (C=O) groups is 1. The summed E-state index contributed by atoms with van der Waals surface area (Å²) in [6, 6.07) is 9.72. The molecule has 1 aromatic rings. The van der Waals surface area contributed by atoms with Crippen LogP contribution in [-0.2, 0) is 14.3 Å². The molecule has 2 bridgehead atoms. The Balaban J connectivity index is 1.55. The van der Waals surface area contributed by atoms with Gasteiger partial charge in [0, 0.05) is 13.7 Å². The Bertz CT molecular complexity index is 493. The first-order valence-electron chi connectivity index (χ1n) is 7.91. The van der Waals surface area contributed by atoms with E-state index >= 15 is 0 Å². The van der Waals surface area contributed by atoms with E-state index in [-0.39, 0.29) is 24.2 Å². The van der Waals surface area contributed by atoms with E-state index in [1.165, 1.54) is 0 Å². The Morgan fingerprint density at radius 1 is 1.32 bits per heavy atom. The van der Waals surface area contributed by atoms with Crippen molar-refractivity contribution >= 4 is 5.91 Å². The summed E-state index contributed by atoms with van der Waals surface area (Å²) in [6.07, 6.45) is 2.43. The van der Waals surface area contributed by atoms with Gasteiger partial charge in [-0.2, -0.15) is 0 Å². The van der Waals surface area contributed by atoms with Gasteiger partial charge in [-0.15, -0.1) is 0 Å². The van der Waals surface area contributed by atoms with E-state index < -0.39 is 0 Å². The summed E-state index contributed by atoms with van der Waals surface area (Å²) < 4.78 is 17.0. The Labute approximate surface area is 131 Å². The zero-order valence-corrected chi connectivity index (χ0v) is 12.9. The van der Waals surface area contributed by atoms with Gasteiger partial charge in [0.25, 0.3) is 0 Å². The van der Waals surface area contributed by atoms with Gasteiger partial charge in [-0.05, 0) is 25.0 Å². The van der Waals surface area contributed by atoms with Crippen molar-refractivity contribution in [1.29, 1.82) is 0 Å². The highest BCUT2D eigenvalue weighted by Crippen LogP contribution is 2.31. The predicted molar refractivity (Wildman–Crippen MR) is 81.8 cm³/mol. The standard InChI is InChI=1S/C17H23NO4/c1-20-17-14-7-8-15(17)22-12-10-18(14)16(19)9-11-21-13-5-3-2-4-6-13/h2-6,14-15,17H,7-12H2,1H3. The molecule has 1 aromatic carbocycles. The molecule has 1 amide bonds. The molecule has 0 N–H and O–H groups in total. The molecule has 0 aromatic heterocycles. The third-order valence-corrected chi connectivity index (χ3v) is 4.48. The average molecular weight is 305 g/mol. The maximum absolute atomic E-state index is 12.5. The van der Waals surface area contributed by atoms with Crippen molar-refractivity contribution in [1.82, 2.24) is 4.90 Å². The lowest BCUT2D eigenvalue weighted by molar-refractivity contribution is -0.135. The van der Waals surface area contributed by atoms with Crippen molar-refractivity contribution in [3.8, 4) is 5.75 Å². The number of hydrogen-bond donors (Lipinski definition) is 0. The fourth-order valence-electron chi connectivity index (χ4n) is 3.43. The summed E-state index contributed by atoms with van der Waals surface area (Å²) in [5.74, 6) is 0.916. The Morgan fingerprint density at radius 2 is 2.14 bits per heavy atom. The van der Waals surface area contributed by atoms with Crippen LogP contribution in [0.15, 0.2) is 30.3 Å². The van der Waals surface area contributed by atoms with E-state index in [9.17, 15) is 4.79 Å². The zero-order chi connectivity index (χ0) is 15.4. The second-order valence-corrected chi connectivity index (χ2v) is 5.75. The molecule has 3 atom stereocenters. The molecule has 1 aliphatic carbocycles. The number of rotatable bonds is 5. The quantitative estimate of drug-likeness (QED) is 0.833. The SMILES string of the molecule is COC1C2CCC1N(C(=O)CCOc1ccccc1)CCO2. The number of hydrogen-bond acceptors (Lipinski definition) is 4. The van der Waals surface area contributed by atoms with E-state index in [1.54, 1.807) is 7.11 Å². The molecule has 5 heteroatoms. The van der Waals surface area contributed by atoms with Gasteiger partial charge < -0.3 is 19.1 Å². The summed E-state index contributed by atoms with van der Waals surface area (Å²) in [6.45, 7) is 1.63. The highest BCUT2D eigenvalue weighted by atomic mass is 16.5. The molecule has 2 aliphatic rings. The van der Waals surface area contributed by atoms with Crippen LogP contribution in [0, 0.1) is 0 Å². The first-order valence-corrected chi connectivity index (χ1v) is 7.91. The van der Waals surface area contributed by atoms with Crippen LogP contribution in [0.1, 0.15) is 19.3 Å². The molecule has 5 nitrogen and oxygen atoms in total. The summed E-state index contributed by atoms with van der Waals surface area (Å²) in [5, 5.41) is 0. The molecule has 22 heavy (non-hydrogen) atoms. The number of fused-ring (bicyclic) bond motifs is 2. The number of methoxy groups -OCH3 is 1. The van der Waals surface area contributed by atoms with Gasteiger partial charge in [-0.25, -0.2) is 0 Å². The van der Waals surface area contributed by atoms with Crippen molar-refractivity contribution < 1.29 is 19.0 Å². The number of carbonyl (C=O) groups excluding carboxylic acids is 1. The molecule has 1 heterocycles. The zero-order valence-electron chi connectivity index (χ0n) is 12.9. The molecule has 0 spiro atoms. The van der Waals surface area contributed by atoms with Crippen LogP contribution in [0.5, 0.6) is 5.75 Å². The number of para-hydroxylation sites is 1. The van der Waals surface area contributed by atoms with E-state index in [1.807, 2.05) is 35.2 Å². The molecule has 0 radical (unpaired) electrons. The molecule has 2 fully saturated rings. The van der Waals surface area contributed by atoms with Crippen molar-refractivity contribution in [2.24, 2.45) is 0 Å². The smallest absolute Gasteiger partial charge is 0.226 e. The fourth-order valence-corrected chi connectivity index (χ4v) is 3.43. The lowest BCUT2D eigenvalue weighted by atomic mass is 10.1. The van der Waals surface area contributed by atoms with Crippen LogP contribution < -0.4 is 4.74 Å². The Hall–Kier alpha value is -1.59. The molecule has 1 saturated heterocycles. The van der Waals surface area contributed by atoms with Gasteiger partial charge in [0.2, 0.25) is 5.91 Å². The third-order valence-electron chi connectivity index (χ3n) is 4.48. The van der Waals surface area contributed by atoms with Gasteiger partial charge >= 0.3 is 0 Å². The first-order chi connectivity index (χ1) is 10.8. The van der Waals surface area contributed by atoms with Crippen LogP contribution in [0.4, 0.5) is 0 Å². The minimum absolute atomic E-state index is 0.00138. The van der Waals surface area contributed by atoms with Crippen LogP contribution in [-0.4, -0.2) is 55.9 Å². The van der Waals surface area contributed by atoms with Gasteiger partial charge in [0.1, 0.15) is 11.9 Å². The summed E-state index contributed by atoms with van der Waals surface area (Å²) in [4.78, 5) is 14.5. The lowest BCUT2D eigenvalue weighted by Gasteiger charge is -2.30. The topological polar surface area (TPSA) is 48.0 Å². The van der Waals surface area contributed by atoms with E-state index in [4.69, 9.17) is 14.2 Å². The second kappa shape index (κ2) is 7.11. The van der Waals surface area contributed by atoms with Crippen molar-refractivity contribution in [2.45, 2.75) is 37.5 Å². The molecule has 1 saturated carbocycles. The average Bonchev–Trinajstić information content (AvgIpc) is 2.83. The minimum atomic E-state index is 0.00138. The highest BCUT2D eigenvalue weighted by molar-refractivity contribution is 5.77. The normalized spacial score (nSPS) is 27.5. The van der Waals surface area contributed by atoms with Gasteiger partial charge in [-0.3, -0.25) is 4.79 Å². The number of nitrogens with zero attached hydrogens (tertiary/aromatic N) is 1. The van der Waals surface area contributed by atoms with Crippen LogP contribution in [0.25, 0.3) is 0 Å². The Kier molecular flexibility index (Phi) is 4.95. The van der Waals surface area contributed by atoms with E-state index in [0.717, 1.165) is 18.6 Å². The maximum atomic E-state index is 12.5. The highest BCUT2D eigenvalue weighted by Gasteiger charge is 2.43. The molecule has 3 unspecified atom stereocenters. The van der Waals surface area contributed by atoms with Crippen LogP contribution in [0.3, 0.4) is 0 Å². The fraction of sp³-hybridized carbons (Fsp3) is 0.588. The van der Waals surface area contributed by atoms with Crippen molar-refractivity contribution in [2.75, 3.05) is 26.9 Å². The van der Waals surface area contributed by atoms with Crippen molar-refractivity contribution in [3.63, 3.8) is 0 Å². The molecular formula is C17H23NO4. The number of ether oxygens (including phenoxy) is 3. The largest absolute Gasteiger partial charge is 0.493 e. The van der Waals surface area contributed by atoms with Crippen LogP contribution in [0.2, 0.25) is 0 Å². The molecular weight excluding hydrogens is 282 g/mol. The maximum Gasteiger partial charge on any atom is 0.226 e. The minimum Gasteiger partial charge on any atom is -0.493 e. The lowest BCUT2D eigenvalue weighted by Crippen LogP contribution is -2.46. The molecule has 120 valence electrons. The number of amides is 1. The van der Waals surface area contributed by atoms with Gasteiger partial charge in [0.05, 0.1) is 31.8 Å². The third kappa shape index (κ3) is 3.25. The van der Waals surface area contributed by atoms with E-state index in [2.05, 4.69) is 0 Å². The van der Waals surface area contributed by atoms with Gasteiger partial charge in [-0.1, -0.05) is 18.2 Å². The van der Waals surface area contributed by atoms with Crippen molar-refractivity contribution in [3.05, 3.63) is 30.3 Å². The molecule has 1 aliphatic heterocycles. The predicted octanol–water partition coefficient (Wildman–Crippen LogP) is 1.86. The Morgan fingerprint density at radius 3 is 2.91 bits per heavy atom. The molecule has 3 rings (SSSR count). The monoisotopic (exact) mass is 305 g/mol. The summed E-state index contributed by atoms with van der Waals surface area (Å²) in [5.41, 5.74) is 0. The number of benzene rings is 1.